The van der Waals surface area contributed by atoms with Crippen molar-refractivity contribution in [3.63, 3.8) is 0 Å². The molecular formula is C41H37N. The highest BCUT2D eigenvalue weighted by atomic mass is 15.1. The van der Waals surface area contributed by atoms with Gasteiger partial charge in [-0.3, -0.25) is 0 Å². The first kappa shape index (κ1) is 27.3. The molecule has 0 N–H and O–H groups in total. The van der Waals surface area contributed by atoms with Crippen LogP contribution in [0.25, 0.3) is 24.3 Å². The molecular weight excluding hydrogens is 506 g/mol. The summed E-state index contributed by atoms with van der Waals surface area (Å²) >= 11 is 0. The monoisotopic (exact) mass is 543 g/mol. The second-order valence-corrected chi connectivity index (χ2v) is 11.0. The van der Waals surface area contributed by atoms with E-state index in [-0.39, 0.29) is 0 Å². The molecule has 1 aliphatic rings. The third-order valence-electron chi connectivity index (χ3n) is 7.95. The SMILES string of the molecule is Cc1ccc(/C=C/c2ccc(N(c3ccc(/C=C/C=C/c4ccccc4)cc3)c3cccc4c3CCCC4)cc2)cc1. The summed E-state index contributed by atoms with van der Waals surface area (Å²) in [5.74, 6) is 0. The second-order valence-electron chi connectivity index (χ2n) is 11.0. The zero-order valence-corrected chi connectivity index (χ0v) is 24.3. The normalized spacial score (nSPS) is 13.2. The second kappa shape index (κ2) is 13.2. The number of benzene rings is 5. The quantitative estimate of drug-likeness (QED) is 0.139. The molecule has 0 heterocycles. The lowest BCUT2D eigenvalue weighted by atomic mass is 9.90. The van der Waals surface area contributed by atoms with E-state index in [2.05, 4.69) is 164 Å². The Morgan fingerprint density at radius 2 is 1.00 bits per heavy atom. The molecule has 5 aromatic carbocycles. The van der Waals surface area contributed by atoms with Crippen molar-refractivity contribution in [3.8, 4) is 0 Å². The predicted octanol–water partition coefficient (Wildman–Crippen LogP) is 11.2. The molecule has 0 atom stereocenters. The van der Waals surface area contributed by atoms with Gasteiger partial charge in [0.25, 0.3) is 0 Å². The van der Waals surface area contributed by atoms with Gasteiger partial charge < -0.3 is 4.90 Å². The van der Waals surface area contributed by atoms with Crippen LogP contribution in [-0.2, 0) is 12.8 Å². The van der Waals surface area contributed by atoms with Gasteiger partial charge in [0.15, 0.2) is 0 Å². The first-order valence-electron chi connectivity index (χ1n) is 15.0. The van der Waals surface area contributed by atoms with Crippen LogP contribution in [0.5, 0.6) is 0 Å². The lowest BCUT2D eigenvalue weighted by molar-refractivity contribution is 0.686. The van der Waals surface area contributed by atoms with Crippen LogP contribution in [0.1, 0.15) is 51.8 Å². The van der Waals surface area contributed by atoms with Crippen molar-refractivity contribution in [3.05, 3.63) is 172 Å². The minimum absolute atomic E-state index is 1.13. The van der Waals surface area contributed by atoms with Crippen LogP contribution >= 0.6 is 0 Å². The first-order valence-corrected chi connectivity index (χ1v) is 15.0. The van der Waals surface area contributed by atoms with Crippen molar-refractivity contribution in [2.75, 3.05) is 4.90 Å². The van der Waals surface area contributed by atoms with Crippen LogP contribution in [0.4, 0.5) is 17.1 Å². The molecule has 1 aliphatic carbocycles. The van der Waals surface area contributed by atoms with Crippen molar-refractivity contribution < 1.29 is 0 Å². The third kappa shape index (κ3) is 6.70. The van der Waals surface area contributed by atoms with E-state index in [1.165, 1.54) is 75.3 Å². The fourth-order valence-corrected chi connectivity index (χ4v) is 5.63. The molecule has 0 unspecified atom stereocenters. The van der Waals surface area contributed by atoms with Crippen molar-refractivity contribution in [1.29, 1.82) is 0 Å². The largest absolute Gasteiger partial charge is 0.310 e. The summed E-state index contributed by atoms with van der Waals surface area (Å²) < 4.78 is 0. The van der Waals surface area contributed by atoms with Gasteiger partial charge in [0.1, 0.15) is 0 Å². The summed E-state index contributed by atoms with van der Waals surface area (Å²) in [4.78, 5) is 2.43. The van der Waals surface area contributed by atoms with Gasteiger partial charge in [0, 0.05) is 17.1 Å². The Balaban J connectivity index is 1.28. The molecule has 5 aromatic rings. The molecule has 6 rings (SSSR count). The zero-order valence-electron chi connectivity index (χ0n) is 24.3. The first-order chi connectivity index (χ1) is 20.7. The lowest BCUT2D eigenvalue weighted by Gasteiger charge is -2.30. The highest BCUT2D eigenvalue weighted by molar-refractivity contribution is 5.81. The molecule has 0 saturated heterocycles. The van der Waals surface area contributed by atoms with E-state index in [0.717, 1.165) is 6.42 Å². The molecule has 0 radical (unpaired) electrons. The summed E-state index contributed by atoms with van der Waals surface area (Å²) in [6.45, 7) is 2.12. The maximum atomic E-state index is 2.43. The Hall–Kier alpha value is -4.88. The Bertz CT molecular complexity index is 1690. The molecule has 0 fully saturated rings. The van der Waals surface area contributed by atoms with Crippen LogP contribution < -0.4 is 4.90 Å². The number of hydrogen-bond donors (Lipinski definition) is 0. The van der Waals surface area contributed by atoms with E-state index >= 15 is 0 Å². The van der Waals surface area contributed by atoms with Gasteiger partial charge in [0.2, 0.25) is 0 Å². The van der Waals surface area contributed by atoms with Gasteiger partial charge in [-0.05, 0) is 96.3 Å². The van der Waals surface area contributed by atoms with Crippen molar-refractivity contribution >= 4 is 41.4 Å². The lowest BCUT2D eigenvalue weighted by Crippen LogP contribution is -2.15. The summed E-state index contributed by atoms with van der Waals surface area (Å²) in [7, 11) is 0. The number of allylic oxidation sites excluding steroid dienone is 2. The highest BCUT2D eigenvalue weighted by Gasteiger charge is 2.20. The van der Waals surface area contributed by atoms with E-state index in [1.807, 2.05) is 6.07 Å². The maximum absolute atomic E-state index is 2.43. The van der Waals surface area contributed by atoms with Crippen molar-refractivity contribution in [2.45, 2.75) is 32.6 Å². The van der Waals surface area contributed by atoms with E-state index in [0.29, 0.717) is 0 Å². The fraction of sp³-hybridized carbons (Fsp3) is 0.122. The van der Waals surface area contributed by atoms with Gasteiger partial charge in [-0.15, -0.1) is 0 Å². The molecule has 42 heavy (non-hydrogen) atoms. The minimum Gasteiger partial charge on any atom is -0.310 e. The molecule has 206 valence electrons. The standard InChI is InChI=1S/C41H37N/c1-32-18-20-35(21-19-32)22-23-36-26-30-39(31-27-36)42(41-17-9-15-37-14-7-8-16-40(37)41)38-28-24-34(25-29-38)13-6-5-12-33-10-3-2-4-11-33/h2-6,9-13,15,17-31H,7-8,14,16H2,1H3/b12-5+,13-6+,23-22+. The average molecular weight is 544 g/mol. The van der Waals surface area contributed by atoms with Crippen LogP contribution in [0.2, 0.25) is 0 Å². The smallest absolute Gasteiger partial charge is 0.0496 e. The maximum Gasteiger partial charge on any atom is 0.0496 e. The number of hydrogen-bond acceptors (Lipinski definition) is 1. The molecule has 1 nitrogen and oxygen atoms in total. The van der Waals surface area contributed by atoms with Crippen LogP contribution in [0.15, 0.2) is 133 Å². The molecule has 0 spiro atoms. The summed E-state index contributed by atoms with van der Waals surface area (Å²) in [6, 6.07) is 43.7. The van der Waals surface area contributed by atoms with E-state index in [1.54, 1.807) is 0 Å². The van der Waals surface area contributed by atoms with Gasteiger partial charge in [0.05, 0.1) is 0 Å². The van der Waals surface area contributed by atoms with E-state index < -0.39 is 0 Å². The number of fused-ring (bicyclic) bond motifs is 1. The van der Waals surface area contributed by atoms with Crippen molar-refractivity contribution in [2.24, 2.45) is 0 Å². The van der Waals surface area contributed by atoms with E-state index in [4.69, 9.17) is 0 Å². The van der Waals surface area contributed by atoms with Gasteiger partial charge in [-0.1, -0.05) is 133 Å². The molecule has 0 aromatic heterocycles. The Morgan fingerprint density at radius 1 is 0.476 bits per heavy atom. The number of aryl methyl sites for hydroxylation is 2. The Labute approximate surface area is 250 Å². The van der Waals surface area contributed by atoms with Gasteiger partial charge >= 0.3 is 0 Å². The molecule has 0 amide bonds. The molecule has 0 saturated carbocycles. The van der Waals surface area contributed by atoms with Gasteiger partial charge in [-0.25, -0.2) is 0 Å². The summed E-state index contributed by atoms with van der Waals surface area (Å²) in [5.41, 5.74) is 12.7. The fourth-order valence-electron chi connectivity index (χ4n) is 5.63. The van der Waals surface area contributed by atoms with E-state index in [9.17, 15) is 0 Å². The number of nitrogens with zero attached hydrogens (tertiary/aromatic N) is 1. The minimum atomic E-state index is 1.13. The molecule has 0 bridgehead atoms. The average Bonchev–Trinajstić information content (AvgIpc) is 3.05. The topological polar surface area (TPSA) is 3.24 Å². The van der Waals surface area contributed by atoms with Crippen molar-refractivity contribution in [1.82, 2.24) is 0 Å². The zero-order chi connectivity index (χ0) is 28.6. The van der Waals surface area contributed by atoms with Gasteiger partial charge in [-0.2, -0.15) is 0 Å². The predicted molar refractivity (Wildman–Crippen MR) is 182 cm³/mol. The van der Waals surface area contributed by atoms with Crippen LogP contribution in [-0.4, -0.2) is 0 Å². The number of rotatable bonds is 8. The third-order valence-corrected chi connectivity index (χ3v) is 7.95. The van der Waals surface area contributed by atoms with Crippen LogP contribution in [0.3, 0.4) is 0 Å². The summed E-state index contributed by atoms with van der Waals surface area (Å²) in [6.07, 6.45) is 17.7. The number of anilines is 3. The highest BCUT2D eigenvalue weighted by Crippen LogP contribution is 2.40. The Kier molecular flexibility index (Phi) is 8.57. The molecule has 0 aliphatic heterocycles. The molecule has 1 heteroatoms. The van der Waals surface area contributed by atoms with Crippen LogP contribution in [0, 0.1) is 6.92 Å². The Morgan fingerprint density at radius 3 is 1.62 bits per heavy atom. The summed E-state index contributed by atoms with van der Waals surface area (Å²) in [5, 5.41) is 0.